The van der Waals surface area contributed by atoms with Crippen molar-refractivity contribution in [3.63, 3.8) is 0 Å². The van der Waals surface area contributed by atoms with Gasteiger partial charge in [0.05, 0.1) is 26.1 Å². The maximum Gasteiger partial charge on any atom is 0.309 e. The van der Waals surface area contributed by atoms with E-state index in [0.29, 0.717) is 50.2 Å². The highest BCUT2D eigenvalue weighted by molar-refractivity contribution is 7.92. The van der Waals surface area contributed by atoms with Gasteiger partial charge in [-0.1, -0.05) is 36.4 Å². The van der Waals surface area contributed by atoms with Gasteiger partial charge in [0.1, 0.15) is 16.5 Å². The molecule has 1 saturated heterocycles. The van der Waals surface area contributed by atoms with Crippen LogP contribution in [0.15, 0.2) is 71.6 Å². The Labute approximate surface area is 234 Å². The van der Waals surface area contributed by atoms with Crippen LogP contribution >= 0.6 is 0 Å². The van der Waals surface area contributed by atoms with E-state index in [-0.39, 0.29) is 40.7 Å². The number of piperidine rings is 1. The normalized spacial score (nSPS) is 14.0. The summed E-state index contributed by atoms with van der Waals surface area (Å²) >= 11 is 0. The molecule has 8 nitrogen and oxygen atoms in total. The lowest BCUT2D eigenvalue weighted by atomic mass is 9.96. The van der Waals surface area contributed by atoms with E-state index in [1.54, 1.807) is 60.4 Å². The number of carbonyl (C=O) groups excluding carboxylic acids is 2. The summed E-state index contributed by atoms with van der Waals surface area (Å²) in [6.45, 7) is 3.13. The molecule has 0 atom stereocenters. The highest BCUT2D eigenvalue weighted by Gasteiger charge is 2.28. The third kappa shape index (κ3) is 7.18. The Balaban J connectivity index is 1.39. The Kier molecular flexibility index (Phi) is 9.42. The van der Waals surface area contributed by atoms with Crippen LogP contribution in [0.4, 0.5) is 10.1 Å². The highest BCUT2D eigenvalue weighted by atomic mass is 32.2. The molecule has 1 aliphatic heterocycles. The number of amides is 1. The molecule has 40 heavy (non-hydrogen) atoms. The summed E-state index contributed by atoms with van der Waals surface area (Å²) in [5.74, 6) is -0.544. The zero-order valence-electron chi connectivity index (χ0n) is 22.6. The van der Waals surface area contributed by atoms with E-state index in [2.05, 4.69) is 4.72 Å². The minimum atomic E-state index is -4.00. The quantitative estimate of drug-likeness (QED) is 0.360. The number of anilines is 1. The van der Waals surface area contributed by atoms with E-state index in [1.165, 1.54) is 25.3 Å². The van der Waals surface area contributed by atoms with E-state index in [4.69, 9.17) is 9.47 Å². The third-order valence-electron chi connectivity index (χ3n) is 6.89. The minimum absolute atomic E-state index is 0.0138. The molecule has 3 aromatic rings. The molecule has 0 aromatic heterocycles. The van der Waals surface area contributed by atoms with Gasteiger partial charge < -0.3 is 14.4 Å². The van der Waals surface area contributed by atoms with E-state index < -0.39 is 10.0 Å². The molecule has 1 amide bonds. The summed E-state index contributed by atoms with van der Waals surface area (Å²) in [6, 6.07) is 17.5. The number of para-hydroxylation sites is 1. The van der Waals surface area contributed by atoms with Crippen molar-refractivity contribution in [1.29, 1.82) is 0 Å². The van der Waals surface area contributed by atoms with Gasteiger partial charge in [0.2, 0.25) is 5.91 Å². The van der Waals surface area contributed by atoms with Crippen molar-refractivity contribution in [2.45, 2.75) is 37.5 Å². The zero-order valence-corrected chi connectivity index (χ0v) is 23.4. The summed E-state index contributed by atoms with van der Waals surface area (Å²) in [6.07, 6.45) is 1.71. The van der Waals surface area contributed by atoms with E-state index in [0.717, 1.165) is 11.1 Å². The first-order valence-corrected chi connectivity index (χ1v) is 14.6. The van der Waals surface area contributed by atoms with Crippen LogP contribution in [-0.2, 0) is 37.2 Å². The number of benzene rings is 3. The van der Waals surface area contributed by atoms with Crippen LogP contribution in [0.25, 0.3) is 0 Å². The maximum atomic E-state index is 13.3. The van der Waals surface area contributed by atoms with Crippen LogP contribution < -0.4 is 9.46 Å². The monoisotopic (exact) mass is 568 g/mol. The molecule has 0 spiro atoms. The molecular formula is C30H33FN2O6S. The Morgan fingerprint density at radius 2 is 1.62 bits per heavy atom. The fraction of sp³-hybridized carbons (Fsp3) is 0.333. The Bertz CT molecular complexity index is 1430. The third-order valence-corrected chi connectivity index (χ3v) is 8.30. The largest absolute Gasteiger partial charge is 0.495 e. The second kappa shape index (κ2) is 13.0. The van der Waals surface area contributed by atoms with Crippen molar-refractivity contribution in [3.05, 3.63) is 89.2 Å². The molecule has 10 heteroatoms. The van der Waals surface area contributed by atoms with E-state index >= 15 is 0 Å². The van der Waals surface area contributed by atoms with Crippen LogP contribution in [-0.4, -0.2) is 52.0 Å². The molecule has 1 aliphatic rings. The van der Waals surface area contributed by atoms with Crippen molar-refractivity contribution in [1.82, 2.24) is 4.90 Å². The van der Waals surface area contributed by atoms with Crippen LogP contribution in [0.5, 0.6) is 5.75 Å². The number of likely N-dealkylation sites (tertiary alicyclic amines) is 1. The van der Waals surface area contributed by atoms with Gasteiger partial charge in [0, 0.05) is 25.2 Å². The van der Waals surface area contributed by atoms with Gasteiger partial charge in [-0.25, -0.2) is 12.8 Å². The Hall–Kier alpha value is -3.92. The molecule has 0 unspecified atom stereocenters. The molecule has 4 rings (SSSR count). The molecule has 0 saturated carbocycles. The summed E-state index contributed by atoms with van der Waals surface area (Å²) in [5, 5.41) is 0. The lowest BCUT2D eigenvalue weighted by Crippen LogP contribution is -2.41. The van der Waals surface area contributed by atoms with E-state index in [9.17, 15) is 22.4 Å². The van der Waals surface area contributed by atoms with Crippen LogP contribution in [0, 0.1) is 11.7 Å². The molecule has 3 aromatic carbocycles. The number of carbonyl (C=O) groups is 2. The molecule has 1 fully saturated rings. The number of methoxy groups -OCH3 is 1. The smallest absolute Gasteiger partial charge is 0.309 e. The number of hydrogen-bond acceptors (Lipinski definition) is 6. The molecule has 1 N–H and O–H groups in total. The van der Waals surface area contributed by atoms with Gasteiger partial charge in [-0.15, -0.1) is 0 Å². The molecule has 1 heterocycles. The average Bonchev–Trinajstić information content (AvgIpc) is 2.95. The van der Waals surface area contributed by atoms with Crippen molar-refractivity contribution in [2.75, 3.05) is 31.5 Å². The first-order chi connectivity index (χ1) is 19.2. The second-order valence-corrected chi connectivity index (χ2v) is 11.3. The number of nitrogens with zero attached hydrogens (tertiary/aromatic N) is 1. The van der Waals surface area contributed by atoms with Gasteiger partial charge in [-0.05, 0) is 66.8 Å². The fourth-order valence-corrected chi connectivity index (χ4v) is 6.05. The van der Waals surface area contributed by atoms with Gasteiger partial charge >= 0.3 is 5.97 Å². The summed E-state index contributed by atoms with van der Waals surface area (Å²) in [5.41, 5.74) is 2.56. The summed E-state index contributed by atoms with van der Waals surface area (Å²) in [4.78, 5) is 26.4. The van der Waals surface area contributed by atoms with Gasteiger partial charge in [0.25, 0.3) is 10.0 Å². The predicted octanol–water partition coefficient (Wildman–Crippen LogP) is 4.57. The number of halogens is 1. The topological polar surface area (TPSA) is 102 Å². The molecular weight excluding hydrogens is 535 g/mol. The maximum absolute atomic E-state index is 13.3. The molecule has 0 radical (unpaired) electrons. The van der Waals surface area contributed by atoms with Crippen LogP contribution in [0.2, 0.25) is 0 Å². The van der Waals surface area contributed by atoms with Crippen LogP contribution in [0.1, 0.15) is 36.5 Å². The number of nitrogens with one attached hydrogen (secondary N) is 1. The van der Waals surface area contributed by atoms with Gasteiger partial charge in [-0.2, -0.15) is 0 Å². The lowest BCUT2D eigenvalue weighted by molar-refractivity contribution is -0.151. The number of esters is 1. The second-order valence-electron chi connectivity index (χ2n) is 9.64. The SMILES string of the molecule is CCOC(=O)C1CCN(C(=O)Cc2ccc(NS(=O)(=O)c3cccc(Cc4ccc(F)cc4)c3OC)cc2)CC1. The van der Waals surface area contributed by atoms with Crippen molar-refractivity contribution < 1.29 is 31.9 Å². The molecule has 212 valence electrons. The van der Waals surface area contributed by atoms with Crippen LogP contribution in [0.3, 0.4) is 0 Å². The average molecular weight is 569 g/mol. The molecule has 0 bridgehead atoms. The summed E-state index contributed by atoms with van der Waals surface area (Å²) < 4.78 is 53.0. The van der Waals surface area contributed by atoms with Gasteiger partial charge in [0.15, 0.2) is 0 Å². The first-order valence-electron chi connectivity index (χ1n) is 13.2. The standard InChI is InChI=1S/C30H33FN2O6S/c1-3-39-30(35)23-15-17-33(18-16-23)28(34)20-22-9-13-26(14-10-22)32-40(36,37)27-6-4-5-24(29(27)38-2)19-21-7-11-25(31)12-8-21/h4-14,23,32H,3,15-20H2,1-2H3. The zero-order chi connectivity index (χ0) is 28.7. The Morgan fingerprint density at radius 1 is 0.975 bits per heavy atom. The number of hydrogen-bond donors (Lipinski definition) is 1. The van der Waals surface area contributed by atoms with Crippen molar-refractivity contribution >= 4 is 27.6 Å². The lowest BCUT2D eigenvalue weighted by Gasteiger charge is -2.31. The molecule has 0 aliphatic carbocycles. The van der Waals surface area contributed by atoms with Crippen molar-refractivity contribution in [3.8, 4) is 5.75 Å². The fourth-order valence-electron chi connectivity index (χ4n) is 4.78. The number of rotatable bonds is 10. The minimum Gasteiger partial charge on any atom is -0.495 e. The van der Waals surface area contributed by atoms with Gasteiger partial charge in [-0.3, -0.25) is 14.3 Å². The first kappa shape index (κ1) is 29.1. The highest BCUT2D eigenvalue weighted by Crippen LogP contribution is 2.31. The summed E-state index contributed by atoms with van der Waals surface area (Å²) in [7, 11) is -2.58. The Morgan fingerprint density at radius 3 is 2.25 bits per heavy atom. The number of ether oxygens (including phenoxy) is 2. The van der Waals surface area contributed by atoms with E-state index in [1.807, 2.05) is 0 Å². The number of sulfonamides is 1. The predicted molar refractivity (Wildman–Crippen MR) is 149 cm³/mol. The van der Waals surface area contributed by atoms with Crippen molar-refractivity contribution in [2.24, 2.45) is 5.92 Å².